The Hall–Kier alpha value is -2.19. The first kappa shape index (κ1) is 28.4. The van der Waals surface area contributed by atoms with E-state index >= 15 is 0 Å². The minimum Gasteiger partial charge on any atom is -0.469 e. The molecule has 2 atom stereocenters. The zero-order valence-corrected chi connectivity index (χ0v) is 23.2. The molecule has 0 saturated carbocycles. The van der Waals surface area contributed by atoms with Gasteiger partial charge in [-0.25, -0.2) is 9.78 Å². The number of amides is 1. The molecule has 1 aromatic rings. The number of hydrogen-bond acceptors (Lipinski definition) is 7. The summed E-state index contributed by atoms with van der Waals surface area (Å²) in [6, 6.07) is 4.44. The zero-order valence-electron chi connectivity index (χ0n) is 23.2. The molecule has 8 nitrogen and oxygen atoms in total. The van der Waals surface area contributed by atoms with E-state index in [0.29, 0.717) is 18.9 Å². The van der Waals surface area contributed by atoms with Crippen LogP contribution in [0, 0.1) is 5.92 Å². The van der Waals surface area contributed by atoms with Crippen molar-refractivity contribution < 1.29 is 19.1 Å². The molecule has 2 aliphatic heterocycles. The molecule has 0 bridgehead atoms. The van der Waals surface area contributed by atoms with Crippen LogP contribution in [0.15, 0.2) is 12.1 Å². The fourth-order valence-corrected chi connectivity index (χ4v) is 5.17. The molecule has 0 aliphatic carbocycles. The lowest BCUT2D eigenvalue weighted by atomic mass is 9.96. The summed E-state index contributed by atoms with van der Waals surface area (Å²) >= 11 is 0. The molecule has 0 N–H and O–H groups in total. The first-order valence-electron chi connectivity index (χ1n) is 13.5. The third kappa shape index (κ3) is 8.44. The minimum absolute atomic E-state index is 0.148. The molecule has 202 valence electrons. The van der Waals surface area contributed by atoms with Crippen LogP contribution in [0.3, 0.4) is 0 Å². The van der Waals surface area contributed by atoms with E-state index in [-0.39, 0.29) is 18.1 Å². The molecule has 0 aromatic carbocycles. The normalized spacial score (nSPS) is 19.6. The van der Waals surface area contributed by atoms with E-state index in [1.165, 1.54) is 20.0 Å². The highest BCUT2D eigenvalue weighted by molar-refractivity contribution is 5.88. The first-order valence-corrected chi connectivity index (χ1v) is 13.5. The molecule has 8 heteroatoms. The van der Waals surface area contributed by atoms with Crippen molar-refractivity contribution in [3.63, 3.8) is 0 Å². The van der Waals surface area contributed by atoms with Crippen molar-refractivity contribution in [1.82, 2.24) is 14.8 Å². The lowest BCUT2D eigenvalue weighted by Gasteiger charge is -2.36. The summed E-state index contributed by atoms with van der Waals surface area (Å²) in [4.78, 5) is 35.8. The number of pyridine rings is 1. The Kier molecular flexibility index (Phi) is 10.1. The van der Waals surface area contributed by atoms with Crippen LogP contribution in [0.1, 0.15) is 71.1 Å². The largest absolute Gasteiger partial charge is 0.469 e. The van der Waals surface area contributed by atoms with Crippen LogP contribution in [0.4, 0.5) is 10.6 Å². The number of hydrogen-bond donors (Lipinski definition) is 0. The molecule has 1 fully saturated rings. The van der Waals surface area contributed by atoms with Gasteiger partial charge in [0.2, 0.25) is 0 Å². The molecule has 1 saturated heterocycles. The molecule has 3 heterocycles. The van der Waals surface area contributed by atoms with Crippen LogP contribution in [0.25, 0.3) is 0 Å². The second-order valence-electron chi connectivity index (χ2n) is 11.5. The summed E-state index contributed by atoms with van der Waals surface area (Å²) in [5, 5.41) is 0. The summed E-state index contributed by atoms with van der Waals surface area (Å²) in [5.74, 6) is 1.24. The SMILES string of the molecule is COC(=O)C[C@@H](C)N(C)C[C@@H]1CCCN(CCCc2ccc3c(n2)N(C(=O)OC(C)(C)C)CCC3)C1. The average molecular weight is 503 g/mol. The maximum absolute atomic E-state index is 12.8. The van der Waals surface area contributed by atoms with E-state index in [0.717, 1.165) is 68.9 Å². The van der Waals surface area contributed by atoms with Gasteiger partial charge in [0.25, 0.3) is 0 Å². The molecule has 0 radical (unpaired) electrons. The summed E-state index contributed by atoms with van der Waals surface area (Å²) < 4.78 is 10.4. The van der Waals surface area contributed by atoms with Crippen molar-refractivity contribution in [2.24, 2.45) is 5.92 Å². The van der Waals surface area contributed by atoms with E-state index in [2.05, 4.69) is 35.9 Å². The van der Waals surface area contributed by atoms with Crippen molar-refractivity contribution in [3.05, 3.63) is 23.4 Å². The van der Waals surface area contributed by atoms with E-state index in [4.69, 9.17) is 14.5 Å². The Bertz CT molecular complexity index is 885. The highest BCUT2D eigenvalue weighted by Gasteiger charge is 2.29. The Morgan fingerprint density at radius 1 is 1.22 bits per heavy atom. The van der Waals surface area contributed by atoms with Crippen LogP contribution >= 0.6 is 0 Å². The van der Waals surface area contributed by atoms with Crippen molar-refractivity contribution in [2.45, 2.75) is 84.3 Å². The highest BCUT2D eigenvalue weighted by Crippen LogP contribution is 2.27. The molecule has 0 unspecified atom stereocenters. The maximum atomic E-state index is 12.8. The summed E-state index contributed by atoms with van der Waals surface area (Å²) in [6.07, 6.45) is 6.39. The monoisotopic (exact) mass is 502 g/mol. The van der Waals surface area contributed by atoms with Gasteiger partial charge in [-0.1, -0.05) is 6.07 Å². The molecule has 2 aliphatic rings. The molecule has 1 aromatic heterocycles. The molecular weight excluding hydrogens is 456 g/mol. The summed E-state index contributed by atoms with van der Waals surface area (Å²) in [6.45, 7) is 12.7. The molecule has 0 spiro atoms. The Morgan fingerprint density at radius 3 is 2.72 bits per heavy atom. The van der Waals surface area contributed by atoms with Crippen molar-refractivity contribution in [3.8, 4) is 0 Å². The number of rotatable bonds is 9. The third-order valence-electron chi connectivity index (χ3n) is 7.21. The number of aromatic nitrogens is 1. The fourth-order valence-electron chi connectivity index (χ4n) is 5.17. The van der Waals surface area contributed by atoms with Crippen molar-refractivity contribution in [1.29, 1.82) is 0 Å². The Morgan fingerprint density at radius 2 is 2.00 bits per heavy atom. The second-order valence-corrected chi connectivity index (χ2v) is 11.5. The first-order chi connectivity index (χ1) is 17.1. The predicted molar refractivity (Wildman–Crippen MR) is 142 cm³/mol. The van der Waals surface area contributed by atoms with Crippen LogP contribution in [0.2, 0.25) is 0 Å². The number of carbonyl (C=O) groups excluding carboxylic acids is 2. The average Bonchev–Trinajstić information content (AvgIpc) is 2.82. The standard InChI is InChI=1S/C28H46N4O4/c1-21(18-25(33)35-6)30(5)19-22-10-7-15-31(20-22)16-9-12-24-14-13-23-11-8-17-32(26(23)29-24)27(34)36-28(2,3)4/h13-14,21-22H,7-12,15-20H2,1-6H3/t21-,22+/m1/s1. The summed E-state index contributed by atoms with van der Waals surface area (Å²) in [7, 11) is 3.56. The van der Waals surface area contributed by atoms with Crippen LogP contribution in [-0.4, -0.2) is 85.4 Å². The van der Waals surface area contributed by atoms with Crippen molar-refractivity contribution in [2.75, 3.05) is 51.8 Å². The lowest BCUT2D eigenvalue weighted by Crippen LogP contribution is -2.43. The number of piperidine rings is 1. The maximum Gasteiger partial charge on any atom is 0.416 e. The number of esters is 1. The smallest absolute Gasteiger partial charge is 0.416 e. The number of nitrogens with zero attached hydrogens (tertiary/aromatic N) is 4. The Labute approximate surface area is 217 Å². The van der Waals surface area contributed by atoms with Gasteiger partial charge in [0.05, 0.1) is 13.5 Å². The number of anilines is 1. The number of ether oxygens (including phenoxy) is 2. The van der Waals surface area contributed by atoms with Gasteiger partial charge in [-0.15, -0.1) is 0 Å². The fraction of sp³-hybridized carbons (Fsp3) is 0.750. The number of likely N-dealkylation sites (tertiary alicyclic amines) is 1. The third-order valence-corrected chi connectivity index (χ3v) is 7.21. The topological polar surface area (TPSA) is 75.2 Å². The molecule has 3 rings (SSSR count). The van der Waals surface area contributed by atoms with Crippen LogP contribution < -0.4 is 4.90 Å². The number of methoxy groups -OCH3 is 1. The van der Waals surface area contributed by atoms with Gasteiger partial charge in [-0.2, -0.15) is 0 Å². The van der Waals surface area contributed by atoms with E-state index in [9.17, 15) is 9.59 Å². The zero-order chi connectivity index (χ0) is 26.3. The van der Waals surface area contributed by atoms with Gasteiger partial charge in [-0.3, -0.25) is 9.69 Å². The van der Waals surface area contributed by atoms with Gasteiger partial charge in [0.15, 0.2) is 0 Å². The molecular formula is C28H46N4O4. The predicted octanol–water partition coefficient (Wildman–Crippen LogP) is 4.30. The van der Waals surface area contributed by atoms with Crippen LogP contribution in [0.5, 0.6) is 0 Å². The van der Waals surface area contributed by atoms with Crippen molar-refractivity contribution >= 4 is 17.9 Å². The van der Waals surface area contributed by atoms with Crippen LogP contribution in [-0.2, 0) is 27.1 Å². The van der Waals surface area contributed by atoms with E-state index < -0.39 is 5.60 Å². The highest BCUT2D eigenvalue weighted by atomic mass is 16.6. The number of fused-ring (bicyclic) bond motifs is 1. The number of carbonyl (C=O) groups is 2. The van der Waals surface area contributed by atoms with Gasteiger partial charge in [0, 0.05) is 31.4 Å². The van der Waals surface area contributed by atoms with Gasteiger partial charge in [-0.05, 0) is 104 Å². The lowest BCUT2D eigenvalue weighted by molar-refractivity contribution is -0.141. The Balaban J connectivity index is 1.50. The van der Waals surface area contributed by atoms with E-state index in [1.807, 2.05) is 20.8 Å². The van der Waals surface area contributed by atoms with Gasteiger partial charge >= 0.3 is 12.1 Å². The second kappa shape index (κ2) is 12.9. The van der Waals surface area contributed by atoms with Gasteiger partial charge in [0.1, 0.15) is 11.4 Å². The van der Waals surface area contributed by atoms with E-state index in [1.54, 1.807) is 4.90 Å². The minimum atomic E-state index is -0.521. The number of aryl methyl sites for hydroxylation is 2. The molecule has 1 amide bonds. The summed E-state index contributed by atoms with van der Waals surface area (Å²) in [5.41, 5.74) is 1.64. The van der Waals surface area contributed by atoms with Gasteiger partial charge < -0.3 is 19.3 Å². The molecule has 36 heavy (non-hydrogen) atoms. The quantitative estimate of drug-likeness (QED) is 0.466.